The zero-order valence-corrected chi connectivity index (χ0v) is 23.5. The third-order valence-electron chi connectivity index (χ3n) is 6.43. The van der Waals surface area contributed by atoms with Gasteiger partial charge in [0.2, 0.25) is 0 Å². The third kappa shape index (κ3) is 13.0. The maximum absolute atomic E-state index is 4.99. The second-order valence-electron chi connectivity index (χ2n) is 9.50. The lowest BCUT2D eigenvalue weighted by molar-refractivity contribution is 0.567. The SMILES string of the molecule is CCCCCCCCCCc1nc2cscc2nc1CCCCCCCCCC.c1ccsc1. The minimum atomic E-state index is 1.10. The maximum atomic E-state index is 4.99. The molecule has 4 heteroatoms. The molecule has 0 radical (unpaired) electrons. The first kappa shape index (κ1) is 29.0. The number of fused-ring (bicyclic) bond motifs is 1. The molecule has 0 aliphatic rings. The molecular weight excluding hydrogens is 452 g/mol. The first-order valence-electron chi connectivity index (χ1n) is 14.0. The van der Waals surface area contributed by atoms with Crippen molar-refractivity contribution in [3.63, 3.8) is 0 Å². The van der Waals surface area contributed by atoms with Crippen LogP contribution >= 0.6 is 22.7 Å². The summed E-state index contributed by atoms with van der Waals surface area (Å²) in [7, 11) is 0. The number of hydrogen-bond donors (Lipinski definition) is 0. The Hall–Kier alpha value is -1.26. The first-order chi connectivity index (χ1) is 16.8. The Balaban J connectivity index is 0.000000720. The fourth-order valence-electron chi connectivity index (χ4n) is 4.35. The topological polar surface area (TPSA) is 25.8 Å². The van der Waals surface area contributed by atoms with Gasteiger partial charge in [0.15, 0.2) is 0 Å². The number of nitrogens with zero attached hydrogens (tertiary/aromatic N) is 2. The fraction of sp³-hybridized carbons (Fsp3) is 0.667. The molecule has 3 rings (SSSR count). The molecule has 2 nitrogen and oxygen atoms in total. The van der Waals surface area contributed by atoms with E-state index in [0.29, 0.717) is 0 Å². The van der Waals surface area contributed by atoms with E-state index in [1.54, 1.807) is 22.7 Å². The van der Waals surface area contributed by atoms with Crippen LogP contribution in [0.3, 0.4) is 0 Å². The van der Waals surface area contributed by atoms with Crippen LogP contribution in [0, 0.1) is 0 Å². The molecule has 3 heterocycles. The van der Waals surface area contributed by atoms with Gasteiger partial charge in [-0.3, -0.25) is 0 Å². The van der Waals surface area contributed by atoms with Crippen molar-refractivity contribution in [2.24, 2.45) is 0 Å². The van der Waals surface area contributed by atoms with Crippen LogP contribution in [0.2, 0.25) is 0 Å². The van der Waals surface area contributed by atoms with E-state index in [2.05, 4.69) is 24.6 Å². The Morgan fingerprint density at radius 3 is 1.24 bits per heavy atom. The second kappa shape index (κ2) is 20.0. The normalized spacial score (nSPS) is 11.0. The van der Waals surface area contributed by atoms with Gasteiger partial charge < -0.3 is 0 Å². The molecule has 0 bridgehead atoms. The summed E-state index contributed by atoms with van der Waals surface area (Å²) in [5.41, 5.74) is 4.77. The third-order valence-corrected chi connectivity index (χ3v) is 7.77. The van der Waals surface area contributed by atoms with Crippen LogP contribution in [0.1, 0.15) is 128 Å². The van der Waals surface area contributed by atoms with E-state index < -0.39 is 0 Å². The molecule has 0 aliphatic carbocycles. The number of unbranched alkanes of at least 4 members (excludes halogenated alkanes) is 14. The Morgan fingerprint density at radius 1 is 0.500 bits per heavy atom. The molecule has 0 saturated carbocycles. The number of thiophene rings is 2. The Labute approximate surface area is 217 Å². The van der Waals surface area contributed by atoms with Crippen LogP contribution in [-0.2, 0) is 12.8 Å². The summed E-state index contributed by atoms with van der Waals surface area (Å²) in [4.78, 5) is 9.98. The van der Waals surface area contributed by atoms with Gasteiger partial charge >= 0.3 is 0 Å². The summed E-state index contributed by atoms with van der Waals surface area (Å²) < 4.78 is 0. The summed E-state index contributed by atoms with van der Waals surface area (Å²) in [6.07, 6.45) is 24.1. The molecule has 0 saturated heterocycles. The predicted octanol–water partition coefficient (Wildman–Crippen LogP) is 10.8. The van der Waals surface area contributed by atoms with Crippen molar-refractivity contribution in [2.75, 3.05) is 0 Å². The molecule has 0 unspecified atom stereocenters. The molecule has 0 spiro atoms. The van der Waals surface area contributed by atoms with Gasteiger partial charge in [0.05, 0.1) is 22.4 Å². The maximum Gasteiger partial charge on any atom is 0.0997 e. The Morgan fingerprint density at radius 2 is 0.882 bits per heavy atom. The molecule has 0 aromatic carbocycles. The van der Waals surface area contributed by atoms with Crippen molar-refractivity contribution in [3.8, 4) is 0 Å². The summed E-state index contributed by atoms with van der Waals surface area (Å²) >= 11 is 3.44. The summed E-state index contributed by atoms with van der Waals surface area (Å²) in [6, 6.07) is 4.04. The van der Waals surface area contributed by atoms with Gasteiger partial charge in [-0.05, 0) is 36.4 Å². The van der Waals surface area contributed by atoms with Gasteiger partial charge in [0, 0.05) is 10.8 Å². The molecule has 3 aromatic rings. The van der Waals surface area contributed by atoms with E-state index >= 15 is 0 Å². The van der Waals surface area contributed by atoms with E-state index in [1.165, 1.54) is 114 Å². The van der Waals surface area contributed by atoms with Crippen LogP contribution in [0.15, 0.2) is 33.7 Å². The molecule has 34 heavy (non-hydrogen) atoms. The van der Waals surface area contributed by atoms with Crippen molar-refractivity contribution >= 4 is 33.7 Å². The van der Waals surface area contributed by atoms with Crippen LogP contribution in [-0.4, -0.2) is 9.97 Å². The molecule has 190 valence electrons. The van der Waals surface area contributed by atoms with Crippen LogP contribution in [0.25, 0.3) is 11.0 Å². The van der Waals surface area contributed by atoms with E-state index in [9.17, 15) is 0 Å². The van der Waals surface area contributed by atoms with E-state index in [-0.39, 0.29) is 0 Å². The fourth-order valence-corrected chi connectivity index (χ4v) is 5.48. The quantitative estimate of drug-likeness (QED) is 0.162. The largest absolute Gasteiger partial charge is 0.248 e. The number of rotatable bonds is 18. The van der Waals surface area contributed by atoms with Gasteiger partial charge in [-0.25, -0.2) is 9.97 Å². The van der Waals surface area contributed by atoms with Gasteiger partial charge in [-0.15, -0.1) is 11.3 Å². The predicted molar refractivity (Wildman–Crippen MR) is 154 cm³/mol. The van der Waals surface area contributed by atoms with Crippen LogP contribution in [0.5, 0.6) is 0 Å². The highest BCUT2D eigenvalue weighted by Gasteiger charge is 2.09. The highest BCUT2D eigenvalue weighted by molar-refractivity contribution is 7.09. The van der Waals surface area contributed by atoms with Crippen LogP contribution in [0.4, 0.5) is 0 Å². The minimum Gasteiger partial charge on any atom is -0.248 e. The lowest BCUT2D eigenvalue weighted by atomic mass is 10.0. The van der Waals surface area contributed by atoms with Crippen molar-refractivity contribution in [1.29, 1.82) is 0 Å². The van der Waals surface area contributed by atoms with E-state index in [0.717, 1.165) is 23.9 Å². The summed E-state index contributed by atoms with van der Waals surface area (Å²) in [6.45, 7) is 4.58. The number of aryl methyl sites for hydroxylation is 2. The summed E-state index contributed by atoms with van der Waals surface area (Å²) in [5.74, 6) is 0. The molecular formula is C30H48N2S2. The zero-order valence-electron chi connectivity index (χ0n) is 21.9. The van der Waals surface area contributed by atoms with Crippen molar-refractivity contribution in [2.45, 2.75) is 129 Å². The molecule has 0 fully saturated rings. The monoisotopic (exact) mass is 500 g/mol. The minimum absolute atomic E-state index is 1.10. The van der Waals surface area contributed by atoms with Gasteiger partial charge in [0.25, 0.3) is 0 Å². The van der Waals surface area contributed by atoms with Crippen molar-refractivity contribution in [3.05, 3.63) is 45.0 Å². The van der Waals surface area contributed by atoms with Gasteiger partial charge in [-0.1, -0.05) is 116 Å². The number of hydrogen-bond acceptors (Lipinski definition) is 4. The zero-order chi connectivity index (χ0) is 24.1. The lowest BCUT2D eigenvalue weighted by Gasteiger charge is -2.09. The Bertz CT molecular complexity index is 754. The van der Waals surface area contributed by atoms with Crippen molar-refractivity contribution < 1.29 is 0 Å². The smallest absolute Gasteiger partial charge is 0.0997 e. The van der Waals surface area contributed by atoms with E-state index in [1.807, 2.05) is 22.9 Å². The molecule has 0 atom stereocenters. The van der Waals surface area contributed by atoms with Gasteiger partial charge in [0.1, 0.15) is 0 Å². The average Bonchev–Trinajstić information content (AvgIpc) is 3.57. The molecule has 3 aromatic heterocycles. The summed E-state index contributed by atoms with van der Waals surface area (Å²) in [5, 5.41) is 8.39. The standard InChI is InChI=1S/C26H44N2S.C4H4S/c1-3-5-7-9-11-13-15-17-19-23-24(28-26-22-29-21-25(26)27-23)20-18-16-14-12-10-8-6-4-2;1-2-4-5-3-1/h21-22H,3-20H2,1-2H3;1-4H. The van der Waals surface area contributed by atoms with Crippen LogP contribution < -0.4 is 0 Å². The first-order valence-corrected chi connectivity index (χ1v) is 15.9. The highest BCUT2D eigenvalue weighted by atomic mass is 32.1. The number of aromatic nitrogens is 2. The van der Waals surface area contributed by atoms with Gasteiger partial charge in [-0.2, -0.15) is 11.3 Å². The highest BCUT2D eigenvalue weighted by Crippen LogP contribution is 2.21. The molecule has 0 aliphatic heterocycles. The molecule has 0 amide bonds. The van der Waals surface area contributed by atoms with Crippen molar-refractivity contribution in [1.82, 2.24) is 9.97 Å². The average molecular weight is 501 g/mol. The van der Waals surface area contributed by atoms with E-state index in [4.69, 9.17) is 9.97 Å². The second-order valence-corrected chi connectivity index (χ2v) is 11.1. The Kier molecular flexibility index (Phi) is 17.0. The lowest BCUT2D eigenvalue weighted by Crippen LogP contribution is -2.02. The molecule has 0 N–H and O–H groups in total.